The fourth-order valence-corrected chi connectivity index (χ4v) is 4.14. The number of sulfone groups is 1. The van der Waals surface area contributed by atoms with Crippen molar-refractivity contribution in [2.24, 2.45) is 11.5 Å². The molecule has 1 atom stereocenters. The van der Waals surface area contributed by atoms with E-state index in [0.29, 0.717) is 17.5 Å². The Labute approximate surface area is 134 Å². The smallest absolute Gasteiger partial charge is 0.224 e. The summed E-state index contributed by atoms with van der Waals surface area (Å²) in [5, 5.41) is 9.11. The Balaban J connectivity index is 2.14. The van der Waals surface area contributed by atoms with Gasteiger partial charge in [0.05, 0.1) is 4.90 Å². The molecule has 0 amide bonds. The number of hydrogen-bond donors (Lipinski definition) is 3. The van der Waals surface area contributed by atoms with Crippen LogP contribution in [0, 0.1) is 5.41 Å². The Morgan fingerprint density at radius 1 is 1.13 bits per heavy atom. The van der Waals surface area contributed by atoms with Crippen molar-refractivity contribution in [3.05, 3.63) is 65.9 Å². The normalized spacial score (nSPS) is 18.4. The summed E-state index contributed by atoms with van der Waals surface area (Å²) in [6.07, 6.45) is 3.62. The molecule has 0 radical (unpaired) electrons. The van der Waals surface area contributed by atoms with E-state index < -0.39 is 20.9 Å². The molecule has 5 N–H and O–H groups in total. The van der Waals surface area contributed by atoms with Crippen LogP contribution in [0.25, 0.3) is 10.8 Å². The molecule has 0 spiro atoms. The minimum atomic E-state index is -3.97. The van der Waals surface area contributed by atoms with Gasteiger partial charge in [0.15, 0.2) is 5.04 Å². The van der Waals surface area contributed by atoms with Crippen molar-refractivity contribution < 1.29 is 8.42 Å². The highest BCUT2D eigenvalue weighted by Gasteiger charge is 2.29. The standard InChI is InChI=1S/C17H17N3O2S/c18-12-8-9-15(19)14(10-12)17(20)23(21,22)16-7-3-5-11-4-1-2-6-13(11)16/h1-8,10,15,20H,9,18-19H2. The first-order valence-corrected chi connectivity index (χ1v) is 8.64. The van der Waals surface area contributed by atoms with E-state index in [0.717, 1.165) is 5.39 Å². The minimum absolute atomic E-state index is 0.113. The van der Waals surface area contributed by atoms with Crippen molar-refractivity contribution in [1.82, 2.24) is 0 Å². The molecule has 0 aromatic heterocycles. The Hall–Kier alpha value is -2.44. The molecule has 0 fully saturated rings. The van der Waals surface area contributed by atoms with E-state index in [1.54, 1.807) is 24.3 Å². The molecule has 0 heterocycles. The van der Waals surface area contributed by atoms with Gasteiger partial charge in [0.1, 0.15) is 0 Å². The fourth-order valence-electron chi connectivity index (χ4n) is 2.66. The quantitative estimate of drug-likeness (QED) is 0.579. The summed E-state index contributed by atoms with van der Waals surface area (Å²) < 4.78 is 25.8. The van der Waals surface area contributed by atoms with Crippen LogP contribution in [0.1, 0.15) is 6.42 Å². The van der Waals surface area contributed by atoms with Crippen molar-refractivity contribution in [2.75, 3.05) is 0 Å². The third-order valence-electron chi connectivity index (χ3n) is 3.90. The average Bonchev–Trinajstić information content (AvgIpc) is 2.55. The number of nitrogens with two attached hydrogens (primary N) is 2. The Morgan fingerprint density at radius 3 is 2.61 bits per heavy atom. The van der Waals surface area contributed by atoms with E-state index in [2.05, 4.69) is 0 Å². The maximum absolute atomic E-state index is 12.9. The number of allylic oxidation sites excluding steroid dienone is 1. The summed E-state index contributed by atoms with van der Waals surface area (Å²) >= 11 is 0. The monoisotopic (exact) mass is 327 g/mol. The van der Waals surface area contributed by atoms with Crippen LogP contribution in [0.2, 0.25) is 0 Å². The van der Waals surface area contributed by atoms with Gasteiger partial charge < -0.3 is 11.5 Å². The van der Waals surface area contributed by atoms with Gasteiger partial charge in [0.2, 0.25) is 9.84 Å². The van der Waals surface area contributed by atoms with E-state index >= 15 is 0 Å². The van der Waals surface area contributed by atoms with Crippen molar-refractivity contribution in [3.63, 3.8) is 0 Å². The zero-order valence-corrected chi connectivity index (χ0v) is 13.2. The molecule has 1 unspecified atom stereocenters. The largest absolute Gasteiger partial charge is 0.399 e. The fraction of sp³-hybridized carbons (Fsp3) is 0.118. The van der Waals surface area contributed by atoms with Gasteiger partial charge in [0.25, 0.3) is 0 Å². The molecule has 5 nitrogen and oxygen atoms in total. The summed E-state index contributed by atoms with van der Waals surface area (Å²) in [5.41, 5.74) is 12.4. The van der Waals surface area contributed by atoms with E-state index in [-0.39, 0.29) is 10.5 Å². The lowest BCUT2D eigenvalue weighted by Gasteiger charge is -2.20. The second-order valence-electron chi connectivity index (χ2n) is 5.46. The highest BCUT2D eigenvalue weighted by molar-refractivity contribution is 8.07. The molecule has 118 valence electrons. The van der Waals surface area contributed by atoms with Gasteiger partial charge >= 0.3 is 0 Å². The Morgan fingerprint density at radius 2 is 1.83 bits per heavy atom. The number of fused-ring (bicyclic) bond motifs is 1. The summed E-state index contributed by atoms with van der Waals surface area (Å²) in [6.45, 7) is 0. The second-order valence-corrected chi connectivity index (χ2v) is 7.31. The molecular weight excluding hydrogens is 310 g/mol. The molecule has 23 heavy (non-hydrogen) atoms. The Bertz CT molecular complexity index is 953. The van der Waals surface area contributed by atoms with Crippen LogP contribution in [-0.2, 0) is 9.84 Å². The topological polar surface area (TPSA) is 110 Å². The predicted molar refractivity (Wildman–Crippen MR) is 91.8 cm³/mol. The highest BCUT2D eigenvalue weighted by Crippen LogP contribution is 2.27. The first kappa shape index (κ1) is 15.5. The van der Waals surface area contributed by atoms with Crippen LogP contribution in [0.3, 0.4) is 0 Å². The number of nitrogens with one attached hydrogen (secondary N) is 1. The van der Waals surface area contributed by atoms with Crippen LogP contribution in [0.4, 0.5) is 0 Å². The van der Waals surface area contributed by atoms with E-state index in [1.807, 2.05) is 18.2 Å². The average molecular weight is 327 g/mol. The van der Waals surface area contributed by atoms with Gasteiger partial charge in [-0.25, -0.2) is 8.42 Å². The molecule has 0 saturated heterocycles. The van der Waals surface area contributed by atoms with Crippen LogP contribution in [0.15, 0.2) is 70.8 Å². The van der Waals surface area contributed by atoms with Gasteiger partial charge in [-0.3, -0.25) is 5.41 Å². The highest BCUT2D eigenvalue weighted by atomic mass is 32.2. The maximum atomic E-state index is 12.9. The molecule has 6 heteroatoms. The lowest BCUT2D eigenvalue weighted by molar-refractivity contribution is 0.607. The van der Waals surface area contributed by atoms with Crippen LogP contribution >= 0.6 is 0 Å². The van der Waals surface area contributed by atoms with Gasteiger partial charge in [-0.05, 0) is 23.9 Å². The van der Waals surface area contributed by atoms with Crippen LogP contribution in [0.5, 0.6) is 0 Å². The first-order chi connectivity index (χ1) is 10.9. The third-order valence-corrected chi connectivity index (χ3v) is 5.61. The van der Waals surface area contributed by atoms with Crippen molar-refractivity contribution in [1.29, 1.82) is 5.41 Å². The second kappa shape index (κ2) is 5.64. The number of rotatable bonds is 2. The predicted octanol–water partition coefficient (Wildman–Crippen LogP) is 2.09. The van der Waals surface area contributed by atoms with Crippen LogP contribution < -0.4 is 11.5 Å². The molecule has 2 aromatic rings. The summed E-state index contributed by atoms with van der Waals surface area (Å²) in [7, 11) is -3.97. The molecule has 0 bridgehead atoms. The molecule has 2 aromatic carbocycles. The number of benzene rings is 2. The lowest BCUT2D eigenvalue weighted by Crippen LogP contribution is -2.32. The molecule has 0 saturated carbocycles. The summed E-state index contributed by atoms with van der Waals surface area (Å²) in [6, 6.07) is 11.7. The Kier molecular flexibility index (Phi) is 3.79. The van der Waals surface area contributed by atoms with E-state index in [1.165, 1.54) is 12.1 Å². The molecule has 1 aliphatic carbocycles. The van der Waals surface area contributed by atoms with Crippen molar-refractivity contribution in [2.45, 2.75) is 17.4 Å². The van der Waals surface area contributed by atoms with Gasteiger partial charge in [-0.15, -0.1) is 0 Å². The minimum Gasteiger partial charge on any atom is -0.399 e. The summed E-state index contributed by atoms with van der Waals surface area (Å²) in [4.78, 5) is 0.113. The van der Waals surface area contributed by atoms with Gasteiger partial charge in [-0.2, -0.15) is 0 Å². The van der Waals surface area contributed by atoms with Crippen LogP contribution in [-0.4, -0.2) is 19.5 Å². The zero-order chi connectivity index (χ0) is 16.6. The molecule has 0 aliphatic heterocycles. The van der Waals surface area contributed by atoms with Crippen molar-refractivity contribution in [3.8, 4) is 0 Å². The van der Waals surface area contributed by atoms with E-state index in [4.69, 9.17) is 16.9 Å². The zero-order valence-electron chi connectivity index (χ0n) is 12.4. The molecule has 1 aliphatic rings. The van der Waals surface area contributed by atoms with Gasteiger partial charge in [0, 0.05) is 22.7 Å². The van der Waals surface area contributed by atoms with E-state index in [9.17, 15) is 8.42 Å². The third kappa shape index (κ3) is 2.67. The molecular formula is C17H17N3O2S. The summed E-state index contributed by atoms with van der Waals surface area (Å²) in [5.74, 6) is 0. The van der Waals surface area contributed by atoms with Gasteiger partial charge in [-0.1, -0.05) is 42.5 Å². The lowest BCUT2D eigenvalue weighted by atomic mass is 9.99. The molecule has 3 rings (SSSR count). The van der Waals surface area contributed by atoms with Crippen molar-refractivity contribution >= 4 is 25.7 Å². The maximum Gasteiger partial charge on any atom is 0.224 e. The number of hydrogen-bond acceptors (Lipinski definition) is 5. The first-order valence-electron chi connectivity index (χ1n) is 7.16. The SMILES string of the molecule is N=C(C1=CC(N)=CCC1N)S(=O)(=O)c1cccc2ccccc12.